The van der Waals surface area contributed by atoms with E-state index in [0.717, 1.165) is 47.7 Å². The van der Waals surface area contributed by atoms with Crippen LogP contribution in [0.15, 0.2) is 54.9 Å². The lowest BCUT2D eigenvalue weighted by Crippen LogP contribution is -2.31. The van der Waals surface area contributed by atoms with E-state index < -0.39 is 0 Å². The van der Waals surface area contributed by atoms with Gasteiger partial charge in [0.05, 0.1) is 5.69 Å². The van der Waals surface area contributed by atoms with E-state index >= 15 is 0 Å². The Morgan fingerprint density at radius 2 is 1.83 bits per heavy atom. The number of hydrogen-bond donors (Lipinski definition) is 2. The third-order valence-electron chi connectivity index (χ3n) is 5.33. The zero-order chi connectivity index (χ0) is 19.9. The van der Waals surface area contributed by atoms with Crippen LogP contribution in [0.25, 0.3) is 22.4 Å². The maximum atomic E-state index is 5.87. The summed E-state index contributed by atoms with van der Waals surface area (Å²) in [5, 5.41) is 3.48. The molecule has 6 nitrogen and oxygen atoms in total. The SMILES string of the molecule is Nc1ncc(-c2cccc(-c3ccccn3)c2)c(NCCCN2CCCCC2)n1. The number of likely N-dealkylation sites (tertiary alicyclic amines) is 1. The van der Waals surface area contributed by atoms with Crippen molar-refractivity contribution in [2.24, 2.45) is 0 Å². The minimum atomic E-state index is 0.285. The van der Waals surface area contributed by atoms with Crippen molar-refractivity contribution in [1.29, 1.82) is 0 Å². The molecule has 6 heteroatoms. The summed E-state index contributed by atoms with van der Waals surface area (Å²) in [6.45, 7) is 4.44. The van der Waals surface area contributed by atoms with Crippen LogP contribution >= 0.6 is 0 Å². The van der Waals surface area contributed by atoms with E-state index in [-0.39, 0.29) is 5.95 Å². The highest BCUT2D eigenvalue weighted by atomic mass is 15.1. The number of anilines is 2. The summed E-state index contributed by atoms with van der Waals surface area (Å²) in [5.74, 6) is 1.07. The number of piperidine rings is 1. The predicted molar refractivity (Wildman–Crippen MR) is 119 cm³/mol. The molecule has 0 aliphatic carbocycles. The molecule has 1 aliphatic rings. The lowest BCUT2D eigenvalue weighted by Gasteiger charge is -2.26. The maximum absolute atomic E-state index is 5.87. The number of nitrogen functional groups attached to an aromatic ring is 1. The monoisotopic (exact) mass is 388 g/mol. The summed E-state index contributed by atoms with van der Waals surface area (Å²) >= 11 is 0. The molecule has 0 radical (unpaired) electrons. The van der Waals surface area contributed by atoms with Gasteiger partial charge in [-0.2, -0.15) is 4.98 Å². The molecule has 150 valence electrons. The molecule has 0 atom stereocenters. The molecule has 4 rings (SSSR count). The van der Waals surface area contributed by atoms with Crippen LogP contribution in [-0.2, 0) is 0 Å². The number of nitrogens with zero attached hydrogens (tertiary/aromatic N) is 4. The van der Waals surface area contributed by atoms with Crippen molar-refractivity contribution in [3.63, 3.8) is 0 Å². The highest BCUT2D eigenvalue weighted by Gasteiger charge is 2.12. The molecule has 3 aromatic rings. The molecule has 1 fully saturated rings. The number of aromatic nitrogens is 3. The molecule has 0 bridgehead atoms. The van der Waals surface area contributed by atoms with E-state index in [1.165, 1.54) is 32.4 Å². The molecule has 2 aromatic heterocycles. The smallest absolute Gasteiger partial charge is 0.221 e. The molecular formula is C23H28N6. The van der Waals surface area contributed by atoms with Gasteiger partial charge in [-0.05, 0) is 62.7 Å². The molecule has 0 amide bonds. The fraction of sp³-hybridized carbons (Fsp3) is 0.348. The first-order valence-electron chi connectivity index (χ1n) is 10.4. The molecule has 1 aliphatic heterocycles. The zero-order valence-corrected chi connectivity index (χ0v) is 16.7. The van der Waals surface area contributed by atoms with Gasteiger partial charge in [-0.1, -0.05) is 30.7 Å². The Kier molecular flexibility index (Phi) is 6.32. The van der Waals surface area contributed by atoms with Crippen LogP contribution in [0.5, 0.6) is 0 Å². The van der Waals surface area contributed by atoms with Crippen LogP contribution in [0, 0.1) is 0 Å². The van der Waals surface area contributed by atoms with Gasteiger partial charge in [0, 0.05) is 30.1 Å². The second-order valence-electron chi connectivity index (χ2n) is 7.47. The van der Waals surface area contributed by atoms with E-state index in [1.54, 1.807) is 6.20 Å². The van der Waals surface area contributed by atoms with Crippen molar-refractivity contribution in [3.8, 4) is 22.4 Å². The number of benzene rings is 1. The Morgan fingerprint density at radius 3 is 2.66 bits per heavy atom. The topological polar surface area (TPSA) is 80.0 Å². The second-order valence-corrected chi connectivity index (χ2v) is 7.47. The highest BCUT2D eigenvalue weighted by Crippen LogP contribution is 2.29. The Morgan fingerprint density at radius 1 is 0.966 bits per heavy atom. The maximum Gasteiger partial charge on any atom is 0.221 e. The van der Waals surface area contributed by atoms with Crippen LogP contribution in [0.1, 0.15) is 25.7 Å². The van der Waals surface area contributed by atoms with Gasteiger partial charge in [0.15, 0.2) is 0 Å². The van der Waals surface area contributed by atoms with Crippen LogP contribution in [-0.4, -0.2) is 46.0 Å². The molecule has 3 heterocycles. The van der Waals surface area contributed by atoms with Gasteiger partial charge in [0.25, 0.3) is 0 Å². The highest BCUT2D eigenvalue weighted by molar-refractivity contribution is 5.78. The molecule has 1 aromatic carbocycles. The summed E-state index contributed by atoms with van der Waals surface area (Å²) in [6.07, 6.45) is 8.71. The molecule has 0 unspecified atom stereocenters. The fourth-order valence-corrected chi connectivity index (χ4v) is 3.81. The predicted octanol–water partition coefficient (Wildman–Crippen LogP) is 4.08. The van der Waals surface area contributed by atoms with Crippen molar-refractivity contribution < 1.29 is 0 Å². The van der Waals surface area contributed by atoms with Crippen LogP contribution < -0.4 is 11.1 Å². The summed E-state index contributed by atoms with van der Waals surface area (Å²) < 4.78 is 0. The van der Waals surface area contributed by atoms with Crippen molar-refractivity contribution >= 4 is 11.8 Å². The quantitative estimate of drug-likeness (QED) is 0.594. The second kappa shape index (κ2) is 9.47. The van der Waals surface area contributed by atoms with Gasteiger partial charge in [0.2, 0.25) is 5.95 Å². The van der Waals surface area contributed by atoms with E-state index in [0.29, 0.717) is 0 Å². The summed E-state index contributed by atoms with van der Waals surface area (Å²) in [4.78, 5) is 15.7. The van der Waals surface area contributed by atoms with Crippen molar-refractivity contribution in [3.05, 3.63) is 54.9 Å². The van der Waals surface area contributed by atoms with E-state index in [9.17, 15) is 0 Å². The van der Waals surface area contributed by atoms with Gasteiger partial charge in [0.1, 0.15) is 5.82 Å². The molecule has 29 heavy (non-hydrogen) atoms. The van der Waals surface area contributed by atoms with Gasteiger partial charge in [-0.25, -0.2) is 4.98 Å². The molecule has 0 spiro atoms. The summed E-state index contributed by atoms with van der Waals surface area (Å²) in [6, 6.07) is 14.2. The Labute approximate surface area is 172 Å². The Balaban J connectivity index is 1.48. The third-order valence-corrected chi connectivity index (χ3v) is 5.33. The lowest BCUT2D eigenvalue weighted by molar-refractivity contribution is 0.228. The average Bonchev–Trinajstić information content (AvgIpc) is 2.78. The number of hydrogen-bond acceptors (Lipinski definition) is 6. The van der Waals surface area contributed by atoms with Crippen LogP contribution in [0.3, 0.4) is 0 Å². The standard InChI is InChI=1S/C23H28N6/c24-23-27-17-20(18-8-6-9-19(16-18)21-10-2-3-11-25-21)22(28-23)26-12-7-15-29-13-4-1-5-14-29/h2-3,6,8-11,16-17H,1,4-5,7,12-15H2,(H3,24,26,27,28). The van der Waals surface area contributed by atoms with E-state index in [4.69, 9.17) is 5.73 Å². The molecule has 1 saturated heterocycles. The zero-order valence-electron chi connectivity index (χ0n) is 16.7. The van der Waals surface area contributed by atoms with Gasteiger partial charge in [-0.15, -0.1) is 0 Å². The first-order valence-corrected chi connectivity index (χ1v) is 10.4. The van der Waals surface area contributed by atoms with E-state index in [2.05, 4.69) is 43.4 Å². The number of rotatable bonds is 7. The van der Waals surface area contributed by atoms with Crippen molar-refractivity contribution in [2.45, 2.75) is 25.7 Å². The van der Waals surface area contributed by atoms with Crippen molar-refractivity contribution in [1.82, 2.24) is 19.9 Å². The summed E-state index contributed by atoms with van der Waals surface area (Å²) in [7, 11) is 0. The molecular weight excluding hydrogens is 360 g/mol. The minimum absolute atomic E-state index is 0.285. The lowest BCUT2D eigenvalue weighted by atomic mass is 10.0. The van der Waals surface area contributed by atoms with Crippen molar-refractivity contribution in [2.75, 3.05) is 37.2 Å². The third kappa shape index (κ3) is 5.09. The summed E-state index contributed by atoms with van der Waals surface area (Å²) in [5.41, 5.74) is 9.88. The van der Waals surface area contributed by atoms with Gasteiger partial charge >= 0.3 is 0 Å². The minimum Gasteiger partial charge on any atom is -0.369 e. The van der Waals surface area contributed by atoms with Crippen LogP contribution in [0.4, 0.5) is 11.8 Å². The number of pyridine rings is 1. The number of nitrogens with two attached hydrogens (primary N) is 1. The molecule has 0 saturated carbocycles. The largest absolute Gasteiger partial charge is 0.369 e. The Hall–Kier alpha value is -2.99. The fourth-order valence-electron chi connectivity index (χ4n) is 3.81. The average molecular weight is 389 g/mol. The first kappa shape index (κ1) is 19.3. The van der Waals surface area contributed by atoms with Gasteiger partial charge < -0.3 is 16.0 Å². The normalized spacial score (nSPS) is 14.6. The van der Waals surface area contributed by atoms with Gasteiger partial charge in [-0.3, -0.25) is 4.98 Å². The molecule has 3 N–H and O–H groups in total. The van der Waals surface area contributed by atoms with Crippen LogP contribution in [0.2, 0.25) is 0 Å². The van der Waals surface area contributed by atoms with E-state index in [1.807, 2.05) is 30.5 Å². The Bertz CT molecular complexity index is 922. The first-order chi connectivity index (χ1) is 14.3. The number of nitrogens with one attached hydrogen (secondary N) is 1.